The number of piperidine rings is 1. The summed E-state index contributed by atoms with van der Waals surface area (Å²) in [4.78, 5) is 10.8. The van der Waals surface area contributed by atoms with Crippen molar-refractivity contribution >= 4 is 5.95 Å². The van der Waals surface area contributed by atoms with Gasteiger partial charge in [0.05, 0.1) is 39.6 Å². The lowest BCUT2D eigenvalue weighted by molar-refractivity contribution is 0.0157. The topological polar surface area (TPSA) is 76.9 Å². The van der Waals surface area contributed by atoms with Crippen molar-refractivity contribution in [3.05, 3.63) is 6.07 Å². The van der Waals surface area contributed by atoms with Crippen LogP contribution in [-0.4, -0.2) is 61.7 Å². The van der Waals surface area contributed by atoms with Crippen molar-refractivity contribution in [3.63, 3.8) is 0 Å². The highest BCUT2D eigenvalue weighted by atomic mass is 16.5. The van der Waals surface area contributed by atoms with Crippen molar-refractivity contribution < 1.29 is 19.3 Å². The second-order valence-electron chi connectivity index (χ2n) is 4.53. The molecule has 1 aromatic rings. The van der Waals surface area contributed by atoms with E-state index in [0.717, 1.165) is 25.9 Å². The lowest BCUT2D eigenvalue weighted by Crippen LogP contribution is -2.38. The summed E-state index contributed by atoms with van der Waals surface area (Å²) >= 11 is 0. The first-order valence-corrected chi connectivity index (χ1v) is 6.71. The summed E-state index contributed by atoms with van der Waals surface area (Å²) in [6.45, 7) is 2.09. The van der Waals surface area contributed by atoms with Crippen molar-refractivity contribution in [2.45, 2.75) is 18.9 Å². The molecule has 7 heteroatoms. The quantitative estimate of drug-likeness (QED) is 0.813. The summed E-state index contributed by atoms with van der Waals surface area (Å²) in [6, 6.07) is 1.65. The summed E-state index contributed by atoms with van der Waals surface area (Å²) < 4.78 is 15.8. The summed E-state index contributed by atoms with van der Waals surface area (Å²) in [6.07, 6.45) is 1.98. The normalized spacial score (nSPS) is 16.2. The van der Waals surface area contributed by atoms with E-state index in [9.17, 15) is 0 Å². The Hall–Kier alpha value is -1.60. The summed E-state index contributed by atoms with van der Waals surface area (Å²) in [7, 11) is 3.14. The van der Waals surface area contributed by atoms with Gasteiger partial charge in [-0.3, -0.25) is 0 Å². The molecule has 1 aliphatic heterocycles. The third-order valence-electron chi connectivity index (χ3n) is 3.26. The molecule has 112 valence electrons. The van der Waals surface area contributed by atoms with Crippen LogP contribution in [0.15, 0.2) is 6.07 Å². The molecule has 0 aliphatic carbocycles. The predicted molar refractivity (Wildman–Crippen MR) is 73.4 cm³/mol. The molecule has 0 spiro atoms. The molecule has 1 aliphatic rings. The first-order chi connectivity index (χ1) is 9.76. The second-order valence-corrected chi connectivity index (χ2v) is 4.53. The average Bonchev–Trinajstić information content (AvgIpc) is 2.52. The second kappa shape index (κ2) is 7.25. The van der Waals surface area contributed by atoms with Crippen LogP contribution in [0.3, 0.4) is 0 Å². The highest BCUT2D eigenvalue weighted by Gasteiger charge is 2.22. The summed E-state index contributed by atoms with van der Waals surface area (Å²) in [5, 5.41) is 8.76. The third-order valence-corrected chi connectivity index (χ3v) is 3.26. The fourth-order valence-corrected chi connectivity index (χ4v) is 2.18. The molecule has 20 heavy (non-hydrogen) atoms. The molecule has 0 unspecified atom stereocenters. The minimum Gasteiger partial charge on any atom is -0.481 e. The van der Waals surface area contributed by atoms with Gasteiger partial charge in [0.2, 0.25) is 17.7 Å². The Kier molecular flexibility index (Phi) is 5.37. The number of methoxy groups -OCH3 is 2. The number of rotatable bonds is 6. The van der Waals surface area contributed by atoms with Crippen LogP contribution in [0.25, 0.3) is 0 Å². The molecule has 0 saturated carbocycles. The van der Waals surface area contributed by atoms with E-state index in [1.807, 2.05) is 0 Å². The molecule has 0 aromatic carbocycles. The predicted octanol–water partition coefficient (Wildman–Crippen LogP) is 0.471. The number of anilines is 1. The van der Waals surface area contributed by atoms with E-state index < -0.39 is 0 Å². The molecular formula is C13H21N3O4. The van der Waals surface area contributed by atoms with Gasteiger partial charge in [-0.2, -0.15) is 9.97 Å². The van der Waals surface area contributed by atoms with Gasteiger partial charge in [0.15, 0.2) is 0 Å². The van der Waals surface area contributed by atoms with E-state index in [0.29, 0.717) is 24.3 Å². The van der Waals surface area contributed by atoms with Crippen LogP contribution in [-0.2, 0) is 4.74 Å². The molecule has 1 N–H and O–H groups in total. The Labute approximate surface area is 118 Å². The SMILES string of the molecule is COc1cc(OC)nc(N2CCC(OCCO)CC2)n1. The Morgan fingerprint density at radius 2 is 1.80 bits per heavy atom. The molecule has 2 rings (SSSR count). The number of aromatic nitrogens is 2. The van der Waals surface area contributed by atoms with E-state index in [4.69, 9.17) is 19.3 Å². The Morgan fingerprint density at radius 3 is 2.30 bits per heavy atom. The van der Waals surface area contributed by atoms with Crippen LogP contribution < -0.4 is 14.4 Å². The van der Waals surface area contributed by atoms with Crippen LogP contribution in [0.2, 0.25) is 0 Å². The number of nitrogens with zero attached hydrogens (tertiary/aromatic N) is 3. The summed E-state index contributed by atoms with van der Waals surface area (Å²) in [5.74, 6) is 1.60. The maximum Gasteiger partial charge on any atom is 0.231 e. The van der Waals surface area contributed by atoms with Crippen LogP contribution in [0.4, 0.5) is 5.95 Å². The zero-order valence-electron chi connectivity index (χ0n) is 11.9. The van der Waals surface area contributed by atoms with Crippen molar-refractivity contribution in [1.29, 1.82) is 0 Å². The summed E-state index contributed by atoms with van der Waals surface area (Å²) in [5.41, 5.74) is 0. The maximum atomic E-state index is 8.76. The lowest BCUT2D eigenvalue weighted by atomic mass is 10.1. The van der Waals surface area contributed by atoms with Crippen LogP contribution in [0.5, 0.6) is 11.8 Å². The standard InChI is InChI=1S/C13H21N3O4/c1-18-11-9-12(19-2)15-13(14-11)16-5-3-10(4-6-16)20-8-7-17/h9-10,17H,3-8H2,1-2H3. The highest BCUT2D eigenvalue weighted by Crippen LogP contribution is 2.23. The van der Waals surface area contributed by atoms with Crippen molar-refractivity contribution in [1.82, 2.24) is 9.97 Å². The smallest absolute Gasteiger partial charge is 0.231 e. The van der Waals surface area contributed by atoms with Gasteiger partial charge < -0.3 is 24.2 Å². The molecule has 2 heterocycles. The average molecular weight is 283 g/mol. The van der Waals surface area contributed by atoms with Gasteiger partial charge in [0.25, 0.3) is 0 Å². The van der Waals surface area contributed by atoms with E-state index >= 15 is 0 Å². The molecule has 0 amide bonds. The zero-order chi connectivity index (χ0) is 14.4. The van der Waals surface area contributed by atoms with Gasteiger partial charge in [-0.25, -0.2) is 0 Å². The molecule has 0 radical (unpaired) electrons. The number of aliphatic hydroxyl groups is 1. The third kappa shape index (κ3) is 3.71. The van der Waals surface area contributed by atoms with E-state index in [1.54, 1.807) is 20.3 Å². The number of aliphatic hydroxyl groups excluding tert-OH is 1. The Morgan fingerprint density at radius 1 is 1.20 bits per heavy atom. The van der Waals surface area contributed by atoms with Crippen molar-refractivity contribution in [3.8, 4) is 11.8 Å². The Balaban J connectivity index is 1.99. The van der Waals surface area contributed by atoms with Gasteiger partial charge in [0, 0.05) is 13.1 Å². The maximum absolute atomic E-state index is 8.76. The van der Waals surface area contributed by atoms with Gasteiger partial charge in [0.1, 0.15) is 0 Å². The van der Waals surface area contributed by atoms with Crippen LogP contribution in [0, 0.1) is 0 Å². The molecule has 7 nitrogen and oxygen atoms in total. The first kappa shape index (κ1) is 14.8. The minimum atomic E-state index is 0.0659. The number of ether oxygens (including phenoxy) is 3. The van der Waals surface area contributed by atoms with Gasteiger partial charge in [-0.15, -0.1) is 0 Å². The van der Waals surface area contributed by atoms with Gasteiger partial charge in [-0.1, -0.05) is 0 Å². The molecule has 1 aromatic heterocycles. The Bertz CT molecular complexity index is 400. The van der Waals surface area contributed by atoms with Crippen molar-refractivity contribution in [2.24, 2.45) is 0 Å². The fraction of sp³-hybridized carbons (Fsp3) is 0.692. The molecular weight excluding hydrogens is 262 g/mol. The van der Waals surface area contributed by atoms with Crippen LogP contribution >= 0.6 is 0 Å². The van der Waals surface area contributed by atoms with E-state index in [-0.39, 0.29) is 12.7 Å². The number of hydrogen-bond acceptors (Lipinski definition) is 7. The van der Waals surface area contributed by atoms with Gasteiger partial charge in [-0.05, 0) is 12.8 Å². The minimum absolute atomic E-state index is 0.0659. The monoisotopic (exact) mass is 283 g/mol. The number of hydrogen-bond donors (Lipinski definition) is 1. The van der Waals surface area contributed by atoms with E-state index in [2.05, 4.69) is 14.9 Å². The molecule has 1 fully saturated rings. The lowest BCUT2D eigenvalue weighted by Gasteiger charge is -2.31. The zero-order valence-corrected chi connectivity index (χ0v) is 11.9. The van der Waals surface area contributed by atoms with E-state index in [1.165, 1.54) is 0 Å². The molecule has 0 atom stereocenters. The highest BCUT2D eigenvalue weighted by molar-refractivity contribution is 5.37. The molecule has 0 bridgehead atoms. The van der Waals surface area contributed by atoms with Crippen LogP contribution in [0.1, 0.15) is 12.8 Å². The largest absolute Gasteiger partial charge is 0.481 e. The molecule has 1 saturated heterocycles. The fourth-order valence-electron chi connectivity index (χ4n) is 2.18. The van der Waals surface area contributed by atoms with Crippen molar-refractivity contribution in [2.75, 3.05) is 45.4 Å². The first-order valence-electron chi connectivity index (χ1n) is 6.71. The van der Waals surface area contributed by atoms with Gasteiger partial charge >= 0.3 is 0 Å².